The Labute approximate surface area is 128 Å². The predicted octanol–water partition coefficient (Wildman–Crippen LogP) is 3.95. The van der Waals surface area contributed by atoms with Crippen LogP contribution in [-0.4, -0.2) is 21.6 Å². The highest BCUT2D eigenvalue weighted by Gasteiger charge is 2.14. The number of fused-ring (bicyclic) bond motifs is 1. The van der Waals surface area contributed by atoms with E-state index in [-0.39, 0.29) is 5.78 Å². The van der Waals surface area contributed by atoms with Gasteiger partial charge < -0.3 is 4.57 Å². The average molecular weight is 296 g/mol. The highest BCUT2D eigenvalue weighted by molar-refractivity contribution is 7.98. The summed E-state index contributed by atoms with van der Waals surface area (Å²) in [6.45, 7) is 2.34. The Hall–Kier alpha value is -2.07. The number of aryl methyl sites for hydroxylation is 1. The SMILES string of the molecule is CSc1nc2ccccc2n1CC(=O)c1ccc(C)cc1. The molecule has 3 rings (SSSR count). The average Bonchev–Trinajstić information content (AvgIpc) is 2.86. The van der Waals surface area contributed by atoms with E-state index in [1.807, 2.05) is 66.3 Å². The predicted molar refractivity (Wildman–Crippen MR) is 87.0 cm³/mol. The highest BCUT2D eigenvalue weighted by Crippen LogP contribution is 2.22. The Bertz CT molecular complexity index is 790. The maximum absolute atomic E-state index is 12.5. The highest BCUT2D eigenvalue weighted by atomic mass is 32.2. The van der Waals surface area contributed by atoms with Crippen LogP contribution in [0.4, 0.5) is 0 Å². The molecule has 1 heterocycles. The van der Waals surface area contributed by atoms with E-state index in [1.54, 1.807) is 11.8 Å². The van der Waals surface area contributed by atoms with Crippen LogP contribution in [0.15, 0.2) is 53.7 Å². The number of carbonyl (C=O) groups is 1. The van der Waals surface area contributed by atoms with Gasteiger partial charge in [0.15, 0.2) is 10.9 Å². The van der Waals surface area contributed by atoms with Crippen LogP contribution in [-0.2, 0) is 6.54 Å². The van der Waals surface area contributed by atoms with Crippen molar-refractivity contribution in [1.82, 2.24) is 9.55 Å². The van der Waals surface area contributed by atoms with E-state index in [9.17, 15) is 4.79 Å². The molecule has 4 heteroatoms. The van der Waals surface area contributed by atoms with Crippen molar-refractivity contribution in [3.05, 3.63) is 59.7 Å². The van der Waals surface area contributed by atoms with E-state index < -0.39 is 0 Å². The molecule has 0 amide bonds. The fraction of sp³-hybridized carbons (Fsp3) is 0.176. The number of hydrogen-bond donors (Lipinski definition) is 0. The summed E-state index contributed by atoms with van der Waals surface area (Å²) in [6.07, 6.45) is 1.98. The quantitative estimate of drug-likeness (QED) is 0.540. The largest absolute Gasteiger partial charge is 0.311 e. The second-order valence-electron chi connectivity index (χ2n) is 4.96. The van der Waals surface area contributed by atoms with Crippen molar-refractivity contribution in [2.75, 3.05) is 6.26 Å². The molecule has 0 atom stereocenters. The summed E-state index contributed by atoms with van der Waals surface area (Å²) in [5.74, 6) is 0.105. The normalized spacial score (nSPS) is 11.0. The van der Waals surface area contributed by atoms with Crippen LogP contribution in [0, 0.1) is 6.92 Å². The van der Waals surface area contributed by atoms with Gasteiger partial charge in [0.05, 0.1) is 17.6 Å². The lowest BCUT2D eigenvalue weighted by molar-refractivity contribution is 0.0970. The third-order valence-corrected chi connectivity index (χ3v) is 4.15. The number of ketones is 1. The smallest absolute Gasteiger partial charge is 0.182 e. The van der Waals surface area contributed by atoms with E-state index in [4.69, 9.17) is 0 Å². The van der Waals surface area contributed by atoms with Crippen LogP contribution in [0.2, 0.25) is 0 Å². The van der Waals surface area contributed by atoms with Gasteiger partial charge in [-0.2, -0.15) is 0 Å². The maximum Gasteiger partial charge on any atom is 0.182 e. The zero-order chi connectivity index (χ0) is 14.8. The lowest BCUT2D eigenvalue weighted by atomic mass is 10.1. The second kappa shape index (κ2) is 5.74. The fourth-order valence-corrected chi connectivity index (χ4v) is 2.91. The molecule has 3 aromatic rings. The summed E-state index contributed by atoms with van der Waals surface area (Å²) in [5.41, 5.74) is 3.83. The molecule has 1 aromatic heterocycles. The molecule has 0 N–H and O–H groups in total. The monoisotopic (exact) mass is 296 g/mol. The van der Waals surface area contributed by atoms with Crippen LogP contribution in [0.25, 0.3) is 11.0 Å². The minimum atomic E-state index is 0.105. The number of para-hydroxylation sites is 2. The molecule has 106 valence electrons. The molecule has 0 aliphatic carbocycles. The topological polar surface area (TPSA) is 34.9 Å². The molecule has 0 saturated carbocycles. The minimum Gasteiger partial charge on any atom is -0.311 e. The van der Waals surface area contributed by atoms with Crippen molar-refractivity contribution in [3.8, 4) is 0 Å². The number of carbonyl (C=O) groups excluding carboxylic acids is 1. The first kappa shape index (κ1) is 13.9. The number of rotatable bonds is 4. The first-order valence-electron chi connectivity index (χ1n) is 6.78. The van der Waals surface area contributed by atoms with Gasteiger partial charge in [-0.15, -0.1) is 0 Å². The van der Waals surface area contributed by atoms with Crippen molar-refractivity contribution in [2.24, 2.45) is 0 Å². The van der Waals surface area contributed by atoms with E-state index in [2.05, 4.69) is 4.98 Å². The van der Waals surface area contributed by atoms with Gasteiger partial charge in [0.1, 0.15) is 0 Å². The van der Waals surface area contributed by atoms with Crippen LogP contribution in [0.3, 0.4) is 0 Å². The molecule has 21 heavy (non-hydrogen) atoms. The summed E-state index contributed by atoms with van der Waals surface area (Å²) in [6, 6.07) is 15.6. The molecule has 0 spiro atoms. The van der Waals surface area contributed by atoms with Crippen molar-refractivity contribution < 1.29 is 4.79 Å². The standard InChI is InChI=1S/C17H16N2OS/c1-12-7-9-13(10-8-12)16(20)11-19-15-6-4-3-5-14(15)18-17(19)21-2/h3-10H,11H2,1-2H3. The van der Waals surface area contributed by atoms with E-state index >= 15 is 0 Å². The van der Waals surface area contributed by atoms with Crippen LogP contribution < -0.4 is 0 Å². The number of benzene rings is 2. The molecule has 0 unspecified atom stereocenters. The molecule has 0 bridgehead atoms. The first-order chi connectivity index (χ1) is 10.2. The maximum atomic E-state index is 12.5. The van der Waals surface area contributed by atoms with Crippen LogP contribution >= 0.6 is 11.8 Å². The molecular formula is C17H16N2OS. The number of thioether (sulfide) groups is 1. The summed E-state index contributed by atoms with van der Waals surface area (Å²) in [5, 5.41) is 0.872. The summed E-state index contributed by atoms with van der Waals surface area (Å²) in [4.78, 5) is 17.0. The zero-order valence-electron chi connectivity index (χ0n) is 12.0. The van der Waals surface area contributed by atoms with Gasteiger partial charge in [0.2, 0.25) is 0 Å². The van der Waals surface area contributed by atoms with Gasteiger partial charge in [-0.1, -0.05) is 53.7 Å². The number of aromatic nitrogens is 2. The molecular weight excluding hydrogens is 280 g/mol. The zero-order valence-corrected chi connectivity index (χ0v) is 12.9. The number of hydrogen-bond acceptors (Lipinski definition) is 3. The lowest BCUT2D eigenvalue weighted by Crippen LogP contribution is -2.11. The Kier molecular flexibility index (Phi) is 3.80. The molecule has 0 aliphatic heterocycles. The van der Waals surface area contributed by atoms with Crippen molar-refractivity contribution in [2.45, 2.75) is 18.6 Å². The van der Waals surface area contributed by atoms with Gasteiger partial charge in [-0.25, -0.2) is 4.98 Å². The minimum absolute atomic E-state index is 0.105. The van der Waals surface area contributed by atoms with E-state index in [0.29, 0.717) is 6.54 Å². The number of imidazole rings is 1. The Morgan fingerprint density at radius 1 is 1.14 bits per heavy atom. The third kappa shape index (κ3) is 2.72. The van der Waals surface area contributed by atoms with Gasteiger partial charge in [-0.05, 0) is 25.3 Å². The summed E-state index contributed by atoms with van der Waals surface area (Å²) in [7, 11) is 0. The van der Waals surface area contributed by atoms with E-state index in [0.717, 1.165) is 27.3 Å². The number of Topliss-reactive ketones (excluding diaryl/α,β-unsaturated/α-hetero) is 1. The molecule has 0 aliphatic rings. The summed E-state index contributed by atoms with van der Waals surface area (Å²) >= 11 is 1.56. The molecule has 0 fully saturated rings. The van der Waals surface area contributed by atoms with Gasteiger partial charge in [-0.3, -0.25) is 4.79 Å². The van der Waals surface area contributed by atoms with Crippen LogP contribution in [0.5, 0.6) is 0 Å². The third-order valence-electron chi connectivity index (χ3n) is 3.48. The lowest BCUT2D eigenvalue weighted by Gasteiger charge is -2.07. The Morgan fingerprint density at radius 2 is 1.86 bits per heavy atom. The fourth-order valence-electron chi connectivity index (χ4n) is 2.34. The van der Waals surface area contributed by atoms with Gasteiger partial charge in [0.25, 0.3) is 0 Å². The Balaban J connectivity index is 1.97. The van der Waals surface area contributed by atoms with Crippen LogP contribution in [0.1, 0.15) is 15.9 Å². The molecule has 0 radical (unpaired) electrons. The summed E-state index contributed by atoms with van der Waals surface area (Å²) < 4.78 is 1.99. The molecule has 3 nitrogen and oxygen atoms in total. The molecule has 2 aromatic carbocycles. The first-order valence-corrected chi connectivity index (χ1v) is 8.00. The molecule has 0 saturated heterocycles. The van der Waals surface area contributed by atoms with Crippen molar-refractivity contribution >= 4 is 28.6 Å². The Morgan fingerprint density at radius 3 is 2.57 bits per heavy atom. The van der Waals surface area contributed by atoms with Crippen molar-refractivity contribution in [3.63, 3.8) is 0 Å². The number of nitrogens with zero attached hydrogens (tertiary/aromatic N) is 2. The second-order valence-corrected chi connectivity index (χ2v) is 5.74. The van der Waals surface area contributed by atoms with E-state index in [1.165, 1.54) is 0 Å². The van der Waals surface area contributed by atoms with Gasteiger partial charge in [0, 0.05) is 5.56 Å². The van der Waals surface area contributed by atoms with Gasteiger partial charge >= 0.3 is 0 Å². The van der Waals surface area contributed by atoms with Crippen molar-refractivity contribution in [1.29, 1.82) is 0 Å².